The van der Waals surface area contributed by atoms with Crippen LogP contribution >= 0.6 is 0 Å². The molecule has 7 heteroatoms. The number of aromatic nitrogens is 1. The molecule has 2 aromatic carbocycles. The predicted molar refractivity (Wildman–Crippen MR) is 101 cm³/mol. The maximum absolute atomic E-state index is 12.6. The van der Waals surface area contributed by atoms with Gasteiger partial charge in [0.2, 0.25) is 10.0 Å². The number of nitrogens with zero attached hydrogens (tertiary/aromatic N) is 1. The maximum Gasteiger partial charge on any atom is 0.244 e. The zero-order valence-electron chi connectivity index (χ0n) is 14.7. The molecule has 1 heterocycles. The first kappa shape index (κ1) is 18.4. The molecule has 0 aliphatic heterocycles. The molecule has 0 aliphatic rings. The van der Waals surface area contributed by atoms with Crippen molar-refractivity contribution in [1.82, 2.24) is 9.29 Å². The second kappa shape index (κ2) is 7.49. The third kappa shape index (κ3) is 3.75. The van der Waals surface area contributed by atoms with Gasteiger partial charge in [0.1, 0.15) is 10.6 Å². The van der Waals surface area contributed by atoms with Crippen LogP contribution in [-0.2, 0) is 17.1 Å². The molecule has 3 rings (SSSR count). The van der Waals surface area contributed by atoms with Gasteiger partial charge in [-0.05, 0) is 48.2 Å². The fraction of sp³-hybridized carbons (Fsp3) is 0.263. The quantitative estimate of drug-likeness (QED) is 0.666. The summed E-state index contributed by atoms with van der Waals surface area (Å²) in [6.45, 7) is 2.04. The summed E-state index contributed by atoms with van der Waals surface area (Å²) in [7, 11) is -1.85. The minimum absolute atomic E-state index is 0.0626. The third-order valence-corrected chi connectivity index (χ3v) is 5.66. The van der Waals surface area contributed by atoms with E-state index in [0.29, 0.717) is 17.9 Å². The predicted octanol–water partition coefficient (Wildman–Crippen LogP) is 2.59. The van der Waals surface area contributed by atoms with Gasteiger partial charge in [-0.2, -0.15) is 0 Å². The number of aryl methyl sites for hydroxylation is 1. The van der Waals surface area contributed by atoms with Crippen LogP contribution in [0.3, 0.4) is 0 Å². The van der Waals surface area contributed by atoms with Gasteiger partial charge < -0.3 is 14.4 Å². The molecule has 3 aromatic rings. The number of aliphatic hydroxyl groups excluding tert-OH is 1. The van der Waals surface area contributed by atoms with Gasteiger partial charge in [-0.1, -0.05) is 18.2 Å². The molecule has 0 fully saturated rings. The highest BCUT2D eigenvalue weighted by atomic mass is 32.2. The van der Waals surface area contributed by atoms with Crippen LogP contribution in [0.1, 0.15) is 18.6 Å². The van der Waals surface area contributed by atoms with Crippen molar-refractivity contribution in [1.29, 1.82) is 0 Å². The van der Waals surface area contributed by atoms with Crippen molar-refractivity contribution in [3.8, 4) is 5.75 Å². The van der Waals surface area contributed by atoms with Crippen molar-refractivity contribution in [2.24, 2.45) is 7.05 Å². The number of aliphatic hydroxyl groups is 1. The number of hydrogen-bond donors (Lipinski definition) is 2. The molecule has 0 amide bonds. The first-order valence-corrected chi connectivity index (χ1v) is 9.85. The summed E-state index contributed by atoms with van der Waals surface area (Å²) in [5.41, 5.74) is 1.71. The van der Waals surface area contributed by atoms with E-state index in [4.69, 9.17) is 4.74 Å². The third-order valence-electron chi connectivity index (χ3n) is 4.20. The Hall–Kier alpha value is -2.35. The standard InChI is InChI=1S/C19H22N2O4S/c1-3-25-18-6-4-5-7-19(18)26(23,24)20-13-17(22)15-8-9-16-14(12-15)10-11-21(16)2/h4-12,17,20,22H,3,13H2,1-2H3. The van der Waals surface area contributed by atoms with Crippen LogP contribution < -0.4 is 9.46 Å². The minimum Gasteiger partial charge on any atom is -0.492 e. The van der Waals surface area contributed by atoms with Crippen LogP contribution in [0.4, 0.5) is 0 Å². The number of nitrogens with one attached hydrogen (secondary N) is 1. The topological polar surface area (TPSA) is 80.6 Å². The summed E-state index contributed by atoms with van der Waals surface area (Å²) in [6, 6.07) is 14.0. The molecule has 1 atom stereocenters. The first-order chi connectivity index (χ1) is 12.4. The second-order valence-electron chi connectivity index (χ2n) is 5.99. The van der Waals surface area contributed by atoms with Crippen LogP contribution in [0.2, 0.25) is 0 Å². The first-order valence-electron chi connectivity index (χ1n) is 8.37. The molecule has 0 spiro atoms. The number of benzene rings is 2. The Morgan fingerprint density at radius 1 is 1.19 bits per heavy atom. The Kier molecular flexibility index (Phi) is 5.31. The number of sulfonamides is 1. The zero-order valence-corrected chi connectivity index (χ0v) is 15.5. The lowest BCUT2D eigenvalue weighted by Gasteiger charge is -2.15. The Morgan fingerprint density at radius 2 is 1.96 bits per heavy atom. The smallest absolute Gasteiger partial charge is 0.244 e. The highest BCUT2D eigenvalue weighted by Crippen LogP contribution is 2.24. The molecule has 2 N–H and O–H groups in total. The zero-order chi connectivity index (χ0) is 18.7. The highest BCUT2D eigenvalue weighted by molar-refractivity contribution is 7.89. The fourth-order valence-electron chi connectivity index (χ4n) is 2.84. The van der Waals surface area contributed by atoms with Gasteiger partial charge in [0.05, 0.1) is 12.7 Å². The van der Waals surface area contributed by atoms with Crippen LogP contribution in [0.25, 0.3) is 10.9 Å². The summed E-state index contributed by atoms with van der Waals surface area (Å²) in [5.74, 6) is 0.294. The van der Waals surface area contributed by atoms with E-state index >= 15 is 0 Å². The van der Waals surface area contributed by atoms with Gasteiger partial charge >= 0.3 is 0 Å². The number of para-hydroxylation sites is 1. The Balaban J connectivity index is 1.76. The summed E-state index contributed by atoms with van der Waals surface area (Å²) >= 11 is 0. The van der Waals surface area contributed by atoms with E-state index < -0.39 is 16.1 Å². The number of hydrogen-bond acceptors (Lipinski definition) is 4. The molecule has 0 saturated heterocycles. The molecule has 138 valence electrons. The highest BCUT2D eigenvalue weighted by Gasteiger charge is 2.21. The van der Waals surface area contributed by atoms with Crippen LogP contribution in [0.5, 0.6) is 5.75 Å². The Bertz CT molecular complexity index is 1010. The minimum atomic E-state index is -3.79. The lowest BCUT2D eigenvalue weighted by molar-refractivity contribution is 0.182. The average molecular weight is 374 g/mol. The molecular weight excluding hydrogens is 352 g/mol. The monoisotopic (exact) mass is 374 g/mol. The van der Waals surface area contributed by atoms with E-state index in [9.17, 15) is 13.5 Å². The van der Waals surface area contributed by atoms with E-state index in [1.54, 1.807) is 31.2 Å². The summed E-state index contributed by atoms with van der Waals surface area (Å²) in [5, 5.41) is 11.4. The van der Waals surface area contributed by atoms with E-state index in [-0.39, 0.29) is 11.4 Å². The van der Waals surface area contributed by atoms with E-state index in [2.05, 4.69) is 4.72 Å². The molecule has 0 aliphatic carbocycles. The number of ether oxygens (including phenoxy) is 1. The summed E-state index contributed by atoms with van der Waals surface area (Å²) < 4.78 is 35.0. The van der Waals surface area contributed by atoms with Gasteiger partial charge in [0, 0.05) is 25.3 Å². The number of rotatable bonds is 7. The van der Waals surface area contributed by atoms with E-state index in [1.165, 1.54) is 6.07 Å². The lowest BCUT2D eigenvalue weighted by Crippen LogP contribution is -2.29. The second-order valence-corrected chi connectivity index (χ2v) is 7.73. The van der Waals surface area contributed by atoms with Crippen molar-refractivity contribution in [3.05, 3.63) is 60.3 Å². The van der Waals surface area contributed by atoms with Gasteiger partial charge in [-0.25, -0.2) is 13.1 Å². The van der Waals surface area contributed by atoms with Crippen LogP contribution in [-0.4, -0.2) is 31.2 Å². The maximum atomic E-state index is 12.6. The van der Waals surface area contributed by atoms with Crippen molar-refractivity contribution in [3.63, 3.8) is 0 Å². The SMILES string of the molecule is CCOc1ccccc1S(=O)(=O)NCC(O)c1ccc2c(ccn2C)c1. The molecule has 6 nitrogen and oxygen atoms in total. The van der Waals surface area contributed by atoms with Crippen molar-refractivity contribution >= 4 is 20.9 Å². The molecular formula is C19H22N2O4S. The molecule has 0 saturated carbocycles. The average Bonchev–Trinajstić information content (AvgIpc) is 3.01. The van der Waals surface area contributed by atoms with Gasteiger partial charge in [0.15, 0.2) is 0 Å². The lowest BCUT2D eigenvalue weighted by atomic mass is 10.1. The fourth-order valence-corrected chi connectivity index (χ4v) is 4.02. The van der Waals surface area contributed by atoms with Gasteiger partial charge in [0.25, 0.3) is 0 Å². The molecule has 26 heavy (non-hydrogen) atoms. The molecule has 1 aromatic heterocycles. The molecule has 1 unspecified atom stereocenters. The largest absolute Gasteiger partial charge is 0.492 e. The Morgan fingerprint density at radius 3 is 2.73 bits per heavy atom. The summed E-state index contributed by atoms with van der Waals surface area (Å²) in [4.78, 5) is 0.0626. The van der Waals surface area contributed by atoms with Crippen molar-refractivity contribution < 1.29 is 18.3 Å². The normalized spacial score (nSPS) is 13.0. The van der Waals surface area contributed by atoms with Crippen molar-refractivity contribution in [2.45, 2.75) is 17.9 Å². The van der Waals surface area contributed by atoms with Gasteiger partial charge in [-0.15, -0.1) is 0 Å². The van der Waals surface area contributed by atoms with Gasteiger partial charge in [-0.3, -0.25) is 0 Å². The number of fused-ring (bicyclic) bond motifs is 1. The van der Waals surface area contributed by atoms with E-state index in [0.717, 1.165) is 10.9 Å². The summed E-state index contributed by atoms with van der Waals surface area (Å²) in [6.07, 6.45) is 0.988. The van der Waals surface area contributed by atoms with Crippen molar-refractivity contribution in [2.75, 3.05) is 13.2 Å². The van der Waals surface area contributed by atoms with Crippen LogP contribution in [0.15, 0.2) is 59.6 Å². The molecule has 0 radical (unpaired) electrons. The molecule has 0 bridgehead atoms. The Labute approximate surface area is 153 Å². The van der Waals surface area contributed by atoms with E-state index in [1.807, 2.05) is 36.0 Å². The van der Waals surface area contributed by atoms with Crippen LogP contribution in [0, 0.1) is 0 Å².